The molecule has 0 rings (SSSR count). The summed E-state index contributed by atoms with van der Waals surface area (Å²) >= 11 is 3.32. The van der Waals surface area contributed by atoms with Gasteiger partial charge >= 0.3 is 0 Å². The van der Waals surface area contributed by atoms with Crippen molar-refractivity contribution in [3.8, 4) is 0 Å². The van der Waals surface area contributed by atoms with Crippen LogP contribution in [0, 0.1) is 0 Å². The molecule has 0 N–H and O–H groups in total. The number of hydrogen-bond acceptors (Lipinski definition) is 2. The Balaban J connectivity index is 3.47. The molecule has 0 aliphatic rings. The maximum atomic E-state index is 11.1. The van der Waals surface area contributed by atoms with Gasteiger partial charge in [0.1, 0.15) is 0 Å². The molecule has 12 heavy (non-hydrogen) atoms. The molecule has 0 fully saturated rings. The zero-order valence-corrected chi connectivity index (χ0v) is 10.6. The van der Waals surface area contributed by atoms with Crippen molar-refractivity contribution in [2.75, 3.05) is 5.33 Å². The zero-order chi connectivity index (χ0) is 9.61. The van der Waals surface area contributed by atoms with E-state index in [9.17, 15) is 4.79 Å². The summed E-state index contributed by atoms with van der Waals surface area (Å²) in [5.74, 6) is -0.0323. The zero-order valence-electron chi connectivity index (χ0n) is 8.02. The Hall–Kier alpha value is 0.167. The van der Waals surface area contributed by atoms with E-state index >= 15 is 0 Å². The summed E-state index contributed by atoms with van der Waals surface area (Å²) in [7, 11) is -1.64. The van der Waals surface area contributed by atoms with E-state index in [-0.39, 0.29) is 5.97 Å². The summed E-state index contributed by atoms with van der Waals surface area (Å²) in [6.07, 6.45) is 2.53. The molecule has 0 atom stereocenters. The lowest BCUT2D eigenvalue weighted by Crippen LogP contribution is -2.28. The molecule has 0 bridgehead atoms. The molecule has 0 unspecified atom stereocenters. The Morgan fingerprint density at radius 2 is 1.92 bits per heavy atom. The molecule has 0 aromatic heterocycles. The first-order valence-corrected chi connectivity index (χ1v) is 8.76. The first kappa shape index (κ1) is 12.2. The second-order valence-electron chi connectivity index (χ2n) is 3.73. The smallest absolute Gasteiger partial charge is 0.292 e. The lowest BCUT2D eigenvalue weighted by atomic mass is 10.3. The maximum absolute atomic E-state index is 11.1. The Kier molecular flexibility index (Phi) is 5.83. The molecule has 0 heterocycles. The first-order chi connectivity index (χ1) is 5.45. The fourth-order valence-corrected chi connectivity index (χ4v) is 1.94. The van der Waals surface area contributed by atoms with E-state index in [1.165, 1.54) is 0 Å². The average Bonchev–Trinajstić information content (AvgIpc) is 1.84. The van der Waals surface area contributed by atoms with Crippen molar-refractivity contribution in [2.24, 2.45) is 0 Å². The molecule has 0 amide bonds. The van der Waals surface area contributed by atoms with Crippen LogP contribution < -0.4 is 0 Å². The highest BCUT2D eigenvalue weighted by atomic mass is 79.9. The Morgan fingerprint density at radius 1 is 1.33 bits per heavy atom. The highest BCUT2D eigenvalue weighted by molar-refractivity contribution is 9.09. The minimum Gasteiger partial charge on any atom is -0.520 e. The minimum atomic E-state index is -1.64. The van der Waals surface area contributed by atoms with E-state index in [1.807, 2.05) is 19.6 Å². The highest BCUT2D eigenvalue weighted by Gasteiger charge is 2.19. The van der Waals surface area contributed by atoms with Gasteiger partial charge in [0.15, 0.2) is 0 Å². The standard InChI is InChI=1S/C8H17BrO2Si/c1-12(2,3)11-8(10)6-4-5-7-9/h4-7H2,1-3H3. The molecule has 2 nitrogen and oxygen atoms in total. The molecular weight excluding hydrogens is 236 g/mol. The summed E-state index contributed by atoms with van der Waals surface area (Å²) in [5.41, 5.74) is 0. The van der Waals surface area contributed by atoms with Crippen LogP contribution in [0.15, 0.2) is 0 Å². The van der Waals surface area contributed by atoms with Gasteiger partial charge in [-0.25, -0.2) is 0 Å². The van der Waals surface area contributed by atoms with Crippen molar-refractivity contribution in [2.45, 2.75) is 38.9 Å². The second-order valence-corrected chi connectivity index (χ2v) is 8.95. The fraction of sp³-hybridized carbons (Fsp3) is 0.875. The molecule has 0 spiro atoms. The van der Waals surface area contributed by atoms with E-state index in [4.69, 9.17) is 4.43 Å². The minimum absolute atomic E-state index is 0.0323. The van der Waals surface area contributed by atoms with Crippen LogP contribution >= 0.6 is 15.9 Å². The Morgan fingerprint density at radius 3 is 2.33 bits per heavy atom. The van der Waals surface area contributed by atoms with Crippen LogP contribution in [0.4, 0.5) is 0 Å². The average molecular weight is 253 g/mol. The molecule has 4 heteroatoms. The lowest BCUT2D eigenvalue weighted by Gasteiger charge is -2.16. The molecule has 0 saturated carbocycles. The molecular formula is C8H17BrO2Si. The topological polar surface area (TPSA) is 26.3 Å². The van der Waals surface area contributed by atoms with Crippen LogP contribution in [0.2, 0.25) is 19.6 Å². The van der Waals surface area contributed by atoms with Gasteiger partial charge in [-0.05, 0) is 32.5 Å². The molecule has 0 aromatic rings. The third-order valence-corrected chi connectivity index (χ3v) is 2.59. The van der Waals surface area contributed by atoms with Crippen molar-refractivity contribution in [3.63, 3.8) is 0 Å². The maximum Gasteiger partial charge on any atom is 0.292 e. The molecule has 0 radical (unpaired) electrons. The van der Waals surface area contributed by atoms with Gasteiger partial charge in [-0.15, -0.1) is 0 Å². The predicted molar refractivity (Wildman–Crippen MR) is 57.1 cm³/mol. The van der Waals surface area contributed by atoms with Crippen molar-refractivity contribution >= 4 is 30.2 Å². The van der Waals surface area contributed by atoms with Crippen LogP contribution in [0.5, 0.6) is 0 Å². The summed E-state index contributed by atoms with van der Waals surface area (Å²) in [6.45, 7) is 6.07. The number of unbranched alkanes of at least 4 members (excludes halogenated alkanes) is 1. The fourth-order valence-electron chi connectivity index (χ4n) is 0.756. The van der Waals surface area contributed by atoms with Crippen LogP contribution in [0.25, 0.3) is 0 Å². The molecule has 0 saturated heterocycles. The number of carbonyl (C=O) groups excluding carboxylic acids is 1. The van der Waals surface area contributed by atoms with Crippen LogP contribution in [0.3, 0.4) is 0 Å². The van der Waals surface area contributed by atoms with Crippen LogP contribution in [0.1, 0.15) is 19.3 Å². The number of alkyl halides is 1. The predicted octanol–water partition coefficient (Wildman–Crippen LogP) is 2.93. The lowest BCUT2D eigenvalue weighted by molar-refractivity contribution is -0.135. The van der Waals surface area contributed by atoms with Crippen LogP contribution in [-0.4, -0.2) is 19.6 Å². The van der Waals surface area contributed by atoms with Gasteiger partial charge in [-0.1, -0.05) is 15.9 Å². The van der Waals surface area contributed by atoms with Gasteiger partial charge < -0.3 is 4.43 Å². The van der Waals surface area contributed by atoms with Gasteiger partial charge in [0, 0.05) is 11.8 Å². The summed E-state index contributed by atoms with van der Waals surface area (Å²) in [5, 5.41) is 0.966. The van der Waals surface area contributed by atoms with Gasteiger partial charge in [-0.3, -0.25) is 4.79 Å². The van der Waals surface area contributed by atoms with E-state index < -0.39 is 8.32 Å². The van der Waals surface area contributed by atoms with Crippen molar-refractivity contribution in [1.29, 1.82) is 0 Å². The third kappa shape index (κ3) is 8.27. The quantitative estimate of drug-likeness (QED) is 0.428. The van der Waals surface area contributed by atoms with Crippen molar-refractivity contribution in [3.05, 3.63) is 0 Å². The molecule has 0 aliphatic heterocycles. The Labute approximate surface area is 83.9 Å². The normalized spacial score (nSPS) is 11.3. The monoisotopic (exact) mass is 252 g/mol. The Bertz CT molecular complexity index is 142. The summed E-state index contributed by atoms with van der Waals surface area (Å²) in [6, 6.07) is 0. The SMILES string of the molecule is C[Si](C)(C)OC(=O)CCCCBr. The number of rotatable bonds is 5. The third-order valence-electron chi connectivity index (χ3n) is 1.18. The van der Waals surface area contributed by atoms with E-state index in [0.717, 1.165) is 18.2 Å². The van der Waals surface area contributed by atoms with Crippen molar-refractivity contribution in [1.82, 2.24) is 0 Å². The van der Waals surface area contributed by atoms with Gasteiger partial charge in [0.05, 0.1) is 0 Å². The van der Waals surface area contributed by atoms with Gasteiger partial charge in [0.25, 0.3) is 5.97 Å². The second kappa shape index (κ2) is 5.75. The summed E-state index contributed by atoms with van der Waals surface area (Å²) < 4.78 is 5.27. The molecule has 0 aliphatic carbocycles. The number of hydrogen-bond donors (Lipinski definition) is 0. The van der Waals surface area contributed by atoms with Gasteiger partial charge in [-0.2, -0.15) is 0 Å². The van der Waals surface area contributed by atoms with E-state index in [1.54, 1.807) is 0 Å². The van der Waals surface area contributed by atoms with Gasteiger partial charge in [0.2, 0.25) is 8.32 Å². The van der Waals surface area contributed by atoms with Crippen molar-refractivity contribution < 1.29 is 9.22 Å². The number of carbonyl (C=O) groups is 1. The molecule has 0 aromatic carbocycles. The first-order valence-electron chi connectivity index (χ1n) is 4.23. The van der Waals surface area contributed by atoms with E-state index in [2.05, 4.69) is 15.9 Å². The van der Waals surface area contributed by atoms with Crippen LogP contribution in [-0.2, 0) is 9.22 Å². The number of halogens is 1. The largest absolute Gasteiger partial charge is 0.520 e. The highest BCUT2D eigenvalue weighted by Crippen LogP contribution is 2.07. The van der Waals surface area contributed by atoms with E-state index in [0.29, 0.717) is 6.42 Å². The summed E-state index contributed by atoms with van der Waals surface area (Å²) in [4.78, 5) is 11.1. The molecule has 72 valence electrons.